The van der Waals surface area contributed by atoms with Gasteiger partial charge < -0.3 is 10.5 Å². The number of likely N-dealkylation sites (N-methyl/N-ethyl adjacent to an activating group) is 1. The van der Waals surface area contributed by atoms with Crippen molar-refractivity contribution in [1.82, 2.24) is 9.03 Å². The number of carbonyl (C=O) groups is 1. The number of ether oxygens (including phenoxy) is 1. The SMILES string of the molecule is CCOC(=O)NS(=O)(=O)N(CC)CC(N)=S. The Morgan fingerprint density at radius 2 is 2.06 bits per heavy atom. The van der Waals surface area contributed by atoms with Crippen molar-refractivity contribution in [3.63, 3.8) is 0 Å². The van der Waals surface area contributed by atoms with Crippen LogP contribution in [0.15, 0.2) is 0 Å². The van der Waals surface area contributed by atoms with Gasteiger partial charge in [0.25, 0.3) is 0 Å². The van der Waals surface area contributed by atoms with E-state index < -0.39 is 16.3 Å². The lowest BCUT2D eigenvalue weighted by Gasteiger charge is -2.19. The molecule has 0 aromatic rings. The second-order valence-electron chi connectivity index (χ2n) is 2.72. The highest BCUT2D eigenvalue weighted by Crippen LogP contribution is 1.97. The fraction of sp³-hybridized carbons (Fsp3) is 0.714. The standard InChI is InChI=1S/C7H15N3O4S2/c1-3-10(5-6(8)15)16(12,13)9-7(11)14-4-2/h3-5H2,1-2H3,(H2,8,15)(H,9,11). The van der Waals surface area contributed by atoms with Crippen molar-refractivity contribution in [2.75, 3.05) is 19.7 Å². The quantitative estimate of drug-likeness (QED) is 0.635. The van der Waals surface area contributed by atoms with Gasteiger partial charge in [0.15, 0.2) is 0 Å². The first-order valence-corrected chi connectivity index (χ1v) is 6.41. The summed E-state index contributed by atoms with van der Waals surface area (Å²) in [6.45, 7) is 3.27. The van der Waals surface area contributed by atoms with E-state index in [-0.39, 0.29) is 24.7 Å². The number of thiocarbonyl (C=S) groups is 1. The van der Waals surface area contributed by atoms with Crippen LogP contribution in [-0.4, -0.2) is 43.5 Å². The highest BCUT2D eigenvalue weighted by atomic mass is 32.2. The molecule has 0 aliphatic rings. The maximum Gasteiger partial charge on any atom is 0.421 e. The highest BCUT2D eigenvalue weighted by Gasteiger charge is 2.23. The number of nitrogens with zero attached hydrogens (tertiary/aromatic N) is 1. The lowest BCUT2D eigenvalue weighted by molar-refractivity contribution is 0.158. The molecule has 1 amide bonds. The van der Waals surface area contributed by atoms with Crippen molar-refractivity contribution in [1.29, 1.82) is 0 Å². The third kappa shape index (κ3) is 5.24. The van der Waals surface area contributed by atoms with Crippen LogP contribution in [0.4, 0.5) is 4.79 Å². The average molecular weight is 269 g/mol. The molecule has 0 aromatic heterocycles. The molecule has 0 radical (unpaired) electrons. The van der Waals surface area contributed by atoms with Crippen molar-refractivity contribution < 1.29 is 17.9 Å². The Balaban J connectivity index is 4.61. The molecule has 0 aromatic carbocycles. The molecule has 9 heteroatoms. The van der Waals surface area contributed by atoms with Crippen molar-refractivity contribution in [2.24, 2.45) is 5.73 Å². The summed E-state index contributed by atoms with van der Waals surface area (Å²) in [6.07, 6.45) is -1.02. The van der Waals surface area contributed by atoms with Crippen molar-refractivity contribution in [3.8, 4) is 0 Å². The Labute approximate surface area is 100 Å². The monoisotopic (exact) mass is 269 g/mol. The first-order chi connectivity index (χ1) is 7.33. The molecule has 0 rings (SSSR count). The molecule has 0 aliphatic carbocycles. The van der Waals surface area contributed by atoms with Crippen LogP contribution in [0.25, 0.3) is 0 Å². The van der Waals surface area contributed by atoms with E-state index in [0.717, 1.165) is 4.31 Å². The maximum absolute atomic E-state index is 11.6. The molecule has 0 saturated carbocycles. The summed E-state index contributed by atoms with van der Waals surface area (Å²) in [4.78, 5) is 11.0. The van der Waals surface area contributed by atoms with Crippen LogP contribution in [0.2, 0.25) is 0 Å². The molecule has 7 nitrogen and oxygen atoms in total. The van der Waals surface area contributed by atoms with Crippen LogP contribution in [0.5, 0.6) is 0 Å². The Morgan fingerprint density at radius 3 is 2.44 bits per heavy atom. The number of amides is 1. The fourth-order valence-electron chi connectivity index (χ4n) is 0.871. The molecule has 16 heavy (non-hydrogen) atoms. The van der Waals surface area contributed by atoms with Crippen LogP contribution < -0.4 is 10.5 Å². The molecular formula is C7H15N3O4S2. The van der Waals surface area contributed by atoms with Gasteiger partial charge in [-0.1, -0.05) is 19.1 Å². The van der Waals surface area contributed by atoms with Crippen LogP contribution in [0, 0.1) is 0 Å². The summed E-state index contributed by atoms with van der Waals surface area (Å²) in [5.74, 6) is 0. The fourth-order valence-corrected chi connectivity index (χ4v) is 2.16. The molecule has 0 heterocycles. The molecule has 3 N–H and O–H groups in total. The molecular weight excluding hydrogens is 254 g/mol. The summed E-state index contributed by atoms with van der Waals surface area (Å²) in [5.41, 5.74) is 5.24. The van der Waals surface area contributed by atoms with Gasteiger partial charge in [-0.05, 0) is 6.92 Å². The van der Waals surface area contributed by atoms with Crippen molar-refractivity contribution in [2.45, 2.75) is 13.8 Å². The molecule has 0 atom stereocenters. The number of nitrogens with one attached hydrogen (secondary N) is 1. The first kappa shape index (κ1) is 15.1. The summed E-state index contributed by atoms with van der Waals surface area (Å²) >= 11 is 4.60. The molecule has 0 aliphatic heterocycles. The summed E-state index contributed by atoms with van der Waals surface area (Å²) in [7, 11) is -3.95. The summed E-state index contributed by atoms with van der Waals surface area (Å²) < 4.78 is 30.3. The predicted octanol–water partition coefficient (Wildman–Crippen LogP) is -0.415. The molecule has 0 unspecified atom stereocenters. The second-order valence-corrected chi connectivity index (χ2v) is 4.92. The van der Waals surface area contributed by atoms with E-state index in [1.54, 1.807) is 18.6 Å². The largest absolute Gasteiger partial charge is 0.449 e. The van der Waals surface area contributed by atoms with E-state index >= 15 is 0 Å². The van der Waals surface area contributed by atoms with Crippen molar-refractivity contribution in [3.05, 3.63) is 0 Å². The smallest absolute Gasteiger partial charge is 0.421 e. The van der Waals surface area contributed by atoms with Crippen LogP contribution >= 0.6 is 12.2 Å². The van der Waals surface area contributed by atoms with Gasteiger partial charge in [-0.2, -0.15) is 12.7 Å². The number of rotatable bonds is 6. The molecule has 0 saturated heterocycles. The summed E-state index contributed by atoms with van der Waals surface area (Å²) in [6, 6.07) is 0. The molecule has 0 bridgehead atoms. The minimum atomic E-state index is -3.95. The van der Waals surface area contributed by atoms with Gasteiger partial charge in [0.2, 0.25) is 0 Å². The summed E-state index contributed by atoms with van der Waals surface area (Å²) in [5, 5.41) is 0. The number of hydrogen-bond donors (Lipinski definition) is 2. The molecule has 94 valence electrons. The minimum absolute atomic E-state index is 0.0242. The van der Waals surface area contributed by atoms with Crippen LogP contribution in [0.1, 0.15) is 13.8 Å². The Morgan fingerprint density at radius 1 is 1.50 bits per heavy atom. The predicted molar refractivity (Wildman–Crippen MR) is 63.1 cm³/mol. The van der Waals surface area contributed by atoms with Gasteiger partial charge in [0.1, 0.15) is 0 Å². The molecule has 0 spiro atoms. The number of carbonyl (C=O) groups excluding carboxylic acids is 1. The topological polar surface area (TPSA) is 102 Å². The van der Waals surface area contributed by atoms with E-state index in [4.69, 9.17) is 5.73 Å². The lowest BCUT2D eigenvalue weighted by atomic mass is 10.6. The maximum atomic E-state index is 11.6. The van der Waals surface area contributed by atoms with E-state index in [2.05, 4.69) is 17.0 Å². The number of hydrogen-bond acceptors (Lipinski definition) is 5. The zero-order chi connectivity index (χ0) is 12.8. The van der Waals surface area contributed by atoms with Gasteiger partial charge in [0, 0.05) is 6.54 Å². The van der Waals surface area contributed by atoms with Crippen LogP contribution in [0.3, 0.4) is 0 Å². The minimum Gasteiger partial charge on any atom is -0.449 e. The van der Waals surface area contributed by atoms with Gasteiger partial charge in [-0.15, -0.1) is 0 Å². The van der Waals surface area contributed by atoms with E-state index in [9.17, 15) is 13.2 Å². The van der Waals surface area contributed by atoms with Crippen LogP contribution in [-0.2, 0) is 14.9 Å². The van der Waals surface area contributed by atoms with Gasteiger partial charge in [-0.25, -0.2) is 9.52 Å². The Kier molecular flexibility index (Phi) is 6.22. The Hall–Kier alpha value is -0.930. The average Bonchev–Trinajstić information content (AvgIpc) is 2.12. The van der Waals surface area contributed by atoms with Gasteiger partial charge in [-0.3, -0.25) is 0 Å². The van der Waals surface area contributed by atoms with E-state index in [1.165, 1.54) is 0 Å². The molecule has 0 fully saturated rings. The second kappa shape index (κ2) is 6.61. The third-order valence-corrected chi connectivity index (χ3v) is 3.13. The van der Waals surface area contributed by atoms with E-state index in [1.807, 2.05) is 0 Å². The normalized spacial score (nSPS) is 11.2. The highest BCUT2D eigenvalue weighted by molar-refractivity contribution is 7.87. The van der Waals surface area contributed by atoms with Gasteiger partial charge >= 0.3 is 16.3 Å². The third-order valence-electron chi connectivity index (χ3n) is 1.51. The Bertz CT molecular complexity index is 355. The zero-order valence-corrected chi connectivity index (χ0v) is 10.7. The zero-order valence-electron chi connectivity index (χ0n) is 9.10. The van der Waals surface area contributed by atoms with Gasteiger partial charge in [0.05, 0.1) is 18.1 Å². The first-order valence-electron chi connectivity index (χ1n) is 4.56. The van der Waals surface area contributed by atoms with Crippen molar-refractivity contribution >= 4 is 33.5 Å². The van der Waals surface area contributed by atoms with E-state index in [0.29, 0.717) is 0 Å². The number of nitrogens with two attached hydrogens (primary N) is 1. The lowest BCUT2D eigenvalue weighted by Crippen LogP contribution is -2.46.